The van der Waals surface area contributed by atoms with Gasteiger partial charge in [0.1, 0.15) is 4.21 Å². The van der Waals surface area contributed by atoms with Crippen molar-refractivity contribution in [3.8, 4) is 0 Å². The zero-order chi connectivity index (χ0) is 14.9. The standard InChI is InChI=1S/C13H19NO4S2/c1-8-7-9(2)19-13(8)20(17,18)14-11-5-3-10(4-6-11)12(15)16/h7,10-11,14H,3-6H2,1-2H3,(H,15,16). The minimum atomic E-state index is -3.49. The Bertz CT molecular complexity index is 598. The lowest BCUT2D eigenvalue weighted by atomic mass is 9.87. The third-order valence-electron chi connectivity index (χ3n) is 3.64. The average molecular weight is 317 g/mol. The summed E-state index contributed by atoms with van der Waals surface area (Å²) in [6.45, 7) is 3.67. The Balaban J connectivity index is 2.03. The summed E-state index contributed by atoms with van der Waals surface area (Å²) >= 11 is 1.27. The number of carbonyl (C=O) groups is 1. The summed E-state index contributed by atoms with van der Waals surface area (Å²) in [4.78, 5) is 11.8. The molecule has 0 bridgehead atoms. The number of rotatable bonds is 4. The van der Waals surface area contributed by atoms with Crippen LogP contribution >= 0.6 is 11.3 Å². The van der Waals surface area contributed by atoms with Gasteiger partial charge in [0.15, 0.2) is 0 Å². The lowest BCUT2D eigenvalue weighted by Crippen LogP contribution is -2.38. The van der Waals surface area contributed by atoms with Gasteiger partial charge in [-0.05, 0) is 51.2 Å². The molecule has 1 aromatic rings. The average Bonchev–Trinajstić information content (AvgIpc) is 2.69. The highest BCUT2D eigenvalue weighted by molar-refractivity contribution is 7.91. The Hall–Kier alpha value is -0.920. The lowest BCUT2D eigenvalue weighted by molar-refractivity contribution is -0.142. The molecule has 0 aliphatic heterocycles. The maximum Gasteiger partial charge on any atom is 0.306 e. The number of thiophene rings is 1. The molecule has 2 N–H and O–H groups in total. The third kappa shape index (κ3) is 3.39. The minimum absolute atomic E-state index is 0.155. The fourth-order valence-corrected chi connectivity index (χ4v) is 5.61. The van der Waals surface area contributed by atoms with E-state index in [2.05, 4.69) is 4.72 Å². The first kappa shape index (κ1) is 15.5. The summed E-state index contributed by atoms with van der Waals surface area (Å²) in [6.07, 6.45) is 2.23. The van der Waals surface area contributed by atoms with E-state index >= 15 is 0 Å². The van der Waals surface area contributed by atoms with E-state index in [1.807, 2.05) is 13.0 Å². The summed E-state index contributed by atoms with van der Waals surface area (Å²) < 4.78 is 27.8. The summed E-state index contributed by atoms with van der Waals surface area (Å²) in [5.74, 6) is -1.11. The third-order valence-corrected chi connectivity index (χ3v) is 6.95. The zero-order valence-corrected chi connectivity index (χ0v) is 13.2. The molecule has 7 heteroatoms. The van der Waals surface area contributed by atoms with Gasteiger partial charge in [0.2, 0.25) is 0 Å². The topological polar surface area (TPSA) is 83.5 Å². The van der Waals surface area contributed by atoms with Crippen molar-refractivity contribution >= 4 is 27.3 Å². The minimum Gasteiger partial charge on any atom is -0.481 e. The van der Waals surface area contributed by atoms with Gasteiger partial charge < -0.3 is 5.11 Å². The summed E-state index contributed by atoms with van der Waals surface area (Å²) in [7, 11) is -3.49. The van der Waals surface area contributed by atoms with Crippen LogP contribution < -0.4 is 4.72 Å². The van der Waals surface area contributed by atoms with Crippen molar-refractivity contribution < 1.29 is 18.3 Å². The second kappa shape index (κ2) is 5.83. The van der Waals surface area contributed by atoms with Crippen molar-refractivity contribution in [3.05, 3.63) is 16.5 Å². The molecule has 20 heavy (non-hydrogen) atoms. The lowest BCUT2D eigenvalue weighted by Gasteiger charge is -2.26. The van der Waals surface area contributed by atoms with Gasteiger partial charge in [-0.3, -0.25) is 4.79 Å². The molecule has 0 atom stereocenters. The van der Waals surface area contributed by atoms with E-state index in [4.69, 9.17) is 5.11 Å². The van der Waals surface area contributed by atoms with Gasteiger partial charge >= 0.3 is 5.97 Å². The van der Waals surface area contributed by atoms with Gasteiger partial charge in [0.05, 0.1) is 5.92 Å². The van der Waals surface area contributed by atoms with E-state index < -0.39 is 16.0 Å². The molecule has 0 spiro atoms. The van der Waals surface area contributed by atoms with E-state index in [9.17, 15) is 13.2 Å². The van der Waals surface area contributed by atoms with Crippen LogP contribution in [0.25, 0.3) is 0 Å². The second-order valence-electron chi connectivity index (χ2n) is 5.34. The van der Waals surface area contributed by atoms with Crippen molar-refractivity contribution in [2.45, 2.75) is 49.8 Å². The fourth-order valence-electron chi connectivity index (χ4n) is 2.62. The highest BCUT2D eigenvalue weighted by atomic mass is 32.2. The molecule has 2 rings (SSSR count). The predicted molar refractivity (Wildman–Crippen MR) is 77.5 cm³/mol. The van der Waals surface area contributed by atoms with Gasteiger partial charge in [-0.2, -0.15) is 0 Å². The Morgan fingerprint density at radius 2 is 1.90 bits per heavy atom. The van der Waals surface area contributed by atoms with Gasteiger partial charge in [-0.25, -0.2) is 13.1 Å². The van der Waals surface area contributed by atoms with Gasteiger partial charge in [-0.15, -0.1) is 11.3 Å². The van der Waals surface area contributed by atoms with Crippen LogP contribution in [0.1, 0.15) is 36.1 Å². The van der Waals surface area contributed by atoms with E-state index in [1.165, 1.54) is 11.3 Å². The maximum atomic E-state index is 12.3. The molecule has 5 nitrogen and oxygen atoms in total. The molecule has 1 aromatic heterocycles. The molecule has 0 unspecified atom stereocenters. The Kier molecular flexibility index (Phi) is 4.51. The van der Waals surface area contributed by atoms with E-state index in [0.29, 0.717) is 29.9 Å². The predicted octanol–water partition coefficient (Wildman–Crippen LogP) is 2.29. The highest BCUT2D eigenvalue weighted by Gasteiger charge is 2.29. The number of carboxylic acid groups (broad SMARTS) is 1. The van der Waals surface area contributed by atoms with Crippen LogP contribution in [-0.2, 0) is 14.8 Å². The van der Waals surface area contributed by atoms with Crippen LogP contribution in [0.15, 0.2) is 10.3 Å². The molecule has 0 radical (unpaired) electrons. The van der Waals surface area contributed by atoms with Crippen LogP contribution in [0, 0.1) is 19.8 Å². The molecule has 1 aliphatic rings. The SMILES string of the molecule is Cc1cc(C)c(S(=O)(=O)NC2CCC(C(=O)O)CC2)s1. The molecular weight excluding hydrogens is 298 g/mol. The summed E-state index contributed by atoms with van der Waals surface area (Å²) in [5, 5.41) is 8.94. The van der Waals surface area contributed by atoms with Crippen LogP contribution in [0.3, 0.4) is 0 Å². The molecule has 1 fully saturated rings. The molecule has 1 aliphatic carbocycles. The van der Waals surface area contributed by atoms with Crippen LogP contribution in [0.2, 0.25) is 0 Å². The molecule has 112 valence electrons. The number of hydrogen-bond acceptors (Lipinski definition) is 4. The first-order chi connectivity index (χ1) is 9.29. The Labute approximate surface area is 123 Å². The molecule has 0 saturated heterocycles. The Morgan fingerprint density at radius 3 is 2.35 bits per heavy atom. The van der Waals surface area contributed by atoms with Crippen LogP contribution in [0.4, 0.5) is 0 Å². The van der Waals surface area contributed by atoms with Crippen LogP contribution in [-0.4, -0.2) is 25.5 Å². The van der Waals surface area contributed by atoms with Crippen molar-refractivity contribution in [2.75, 3.05) is 0 Å². The first-order valence-corrected chi connectivity index (χ1v) is 8.91. The first-order valence-electron chi connectivity index (χ1n) is 6.62. The zero-order valence-electron chi connectivity index (χ0n) is 11.5. The summed E-state index contributed by atoms with van der Waals surface area (Å²) in [6, 6.07) is 1.71. The van der Waals surface area contributed by atoms with Crippen molar-refractivity contribution in [3.63, 3.8) is 0 Å². The monoisotopic (exact) mass is 317 g/mol. The number of carboxylic acids is 1. The molecule has 1 saturated carbocycles. The number of aliphatic carboxylic acids is 1. The van der Waals surface area contributed by atoms with Crippen molar-refractivity contribution in [1.82, 2.24) is 4.72 Å². The number of sulfonamides is 1. The molecule has 0 amide bonds. The smallest absolute Gasteiger partial charge is 0.306 e. The van der Waals surface area contributed by atoms with Crippen molar-refractivity contribution in [2.24, 2.45) is 5.92 Å². The quantitative estimate of drug-likeness (QED) is 0.892. The highest BCUT2D eigenvalue weighted by Crippen LogP contribution is 2.29. The van der Waals surface area contributed by atoms with Gasteiger partial charge in [-0.1, -0.05) is 0 Å². The van der Waals surface area contributed by atoms with E-state index in [-0.39, 0.29) is 12.0 Å². The van der Waals surface area contributed by atoms with Crippen molar-refractivity contribution in [1.29, 1.82) is 0 Å². The Morgan fingerprint density at radius 1 is 1.30 bits per heavy atom. The van der Waals surface area contributed by atoms with Gasteiger partial charge in [0.25, 0.3) is 10.0 Å². The fraction of sp³-hybridized carbons (Fsp3) is 0.615. The van der Waals surface area contributed by atoms with E-state index in [0.717, 1.165) is 10.4 Å². The van der Waals surface area contributed by atoms with E-state index in [1.54, 1.807) is 6.92 Å². The number of hydrogen-bond donors (Lipinski definition) is 2. The maximum absolute atomic E-state index is 12.3. The normalized spacial score (nSPS) is 23.7. The molecule has 0 aromatic carbocycles. The number of nitrogens with one attached hydrogen (secondary N) is 1. The summed E-state index contributed by atoms with van der Waals surface area (Å²) in [5.41, 5.74) is 0.763. The second-order valence-corrected chi connectivity index (χ2v) is 8.50. The number of aryl methyl sites for hydroxylation is 2. The van der Waals surface area contributed by atoms with Gasteiger partial charge in [0, 0.05) is 10.9 Å². The molecular formula is C13H19NO4S2. The molecule has 1 heterocycles. The van der Waals surface area contributed by atoms with Crippen LogP contribution in [0.5, 0.6) is 0 Å². The largest absolute Gasteiger partial charge is 0.481 e.